The van der Waals surface area contributed by atoms with Gasteiger partial charge in [-0.05, 0) is 66.1 Å². The molecule has 1 fully saturated rings. The molecule has 0 saturated heterocycles. The van der Waals surface area contributed by atoms with Gasteiger partial charge in [0.1, 0.15) is 6.61 Å². The summed E-state index contributed by atoms with van der Waals surface area (Å²) in [7, 11) is 1.63. The monoisotopic (exact) mass is 475 g/mol. The van der Waals surface area contributed by atoms with Gasteiger partial charge in [-0.2, -0.15) is 0 Å². The number of nitrogens with one attached hydrogen (secondary N) is 1. The van der Waals surface area contributed by atoms with E-state index in [1.807, 2.05) is 12.1 Å². The Morgan fingerprint density at radius 2 is 1.71 bits per heavy atom. The first kappa shape index (κ1) is 25.4. The lowest BCUT2D eigenvalue weighted by Crippen LogP contribution is -2.35. The minimum atomic E-state index is -0.306. The zero-order valence-corrected chi connectivity index (χ0v) is 20.9. The van der Waals surface area contributed by atoms with E-state index in [1.54, 1.807) is 7.11 Å². The minimum absolute atomic E-state index is 0.245. The van der Waals surface area contributed by atoms with Gasteiger partial charge in [0, 0.05) is 19.2 Å². The molecule has 0 spiro atoms. The highest BCUT2D eigenvalue weighted by Gasteiger charge is 2.25. The lowest BCUT2D eigenvalue weighted by Gasteiger charge is -2.32. The number of methoxy groups -OCH3 is 1. The molecule has 1 aliphatic carbocycles. The lowest BCUT2D eigenvalue weighted by atomic mass is 9.81. The van der Waals surface area contributed by atoms with Gasteiger partial charge >= 0.3 is 5.97 Å². The third-order valence-corrected chi connectivity index (χ3v) is 6.96. The molecule has 0 aromatic heterocycles. The van der Waals surface area contributed by atoms with E-state index in [9.17, 15) is 4.79 Å². The molecule has 4 rings (SSSR count). The van der Waals surface area contributed by atoms with Crippen molar-refractivity contribution in [3.05, 3.63) is 83.4 Å². The van der Waals surface area contributed by atoms with Crippen LogP contribution in [0.15, 0.2) is 66.7 Å². The maximum atomic E-state index is 12.3. The molecule has 5 heteroatoms. The number of carbonyl (C=O) groups excluding carboxylic acids is 1. The van der Waals surface area contributed by atoms with Crippen molar-refractivity contribution in [1.82, 2.24) is 5.32 Å². The average molecular weight is 476 g/mol. The van der Waals surface area contributed by atoms with Crippen molar-refractivity contribution >= 4 is 16.7 Å². The van der Waals surface area contributed by atoms with Crippen molar-refractivity contribution in [3.8, 4) is 0 Å². The van der Waals surface area contributed by atoms with Gasteiger partial charge in [0.05, 0.1) is 25.4 Å². The summed E-state index contributed by atoms with van der Waals surface area (Å²) < 4.78 is 15.6. The fraction of sp³-hybridized carbons (Fsp3) is 0.433. The SMILES string of the molecule is COCCOCCOC(=O)c1ccc([C@H]2CCC[C@H](N[C@H](C)c3cccc4ccccc34)C2)cc1. The number of esters is 1. The van der Waals surface area contributed by atoms with Gasteiger partial charge in [-0.25, -0.2) is 4.79 Å². The Kier molecular flexibility index (Phi) is 9.29. The predicted molar refractivity (Wildman–Crippen MR) is 140 cm³/mol. The normalized spacial score (nSPS) is 18.9. The summed E-state index contributed by atoms with van der Waals surface area (Å²) >= 11 is 0. The van der Waals surface area contributed by atoms with Crippen LogP contribution in [0.25, 0.3) is 10.8 Å². The fourth-order valence-corrected chi connectivity index (χ4v) is 5.13. The van der Waals surface area contributed by atoms with E-state index in [0.29, 0.717) is 43.4 Å². The number of benzene rings is 3. The van der Waals surface area contributed by atoms with Crippen LogP contribution in [-0.2, 0) is 14.2 Å². The summed E-state index contributed by atoms with van der Waals surface area (Å²) in [6.07, 6.45) is 4.70. The molecule has 0 amide bonds. The number of carbonyl (C=O) groups is 1. The quantitative estimate of drug-likeness (QED) is 0.271. The van der Waals surface area contributed by atoms with Crippen molar-refractivity contribution in [2.75, 3.05) is 33.5 Å². The van der Waals surface area contributed by atoms with Gasteiger partial charge in [-0.1, -0.05) is 61.0 Å². The highest BCUT2D eigenvalue weighted by atomic mass is 16.6. The fourth-order valence-electron chi connectivity index (χ4n) is 5.13. The molecule has 3 aromatic rings. The second-order valence-electron chi connectivity index (χ2n) is 9.38. The van der Waals surface area contributed by atoms with Crippen molar-refractivity contribution in [3.63, 3.8) is 0 Å². The van der Waals surface area contributed by atoms with Crippen molar-refractivity contribution in [2.24, 2.45) is 0 Å². The Bertz CT molecular complexity index is 1080. The van der Waals surface area contributed by atoms with Crippen LogP contribution in [0, 0.1) is 0 Å². The van der Waals surface area contributed by atoms with Gasteiger partial charge in [-0.15, -0.1) is 0 Å². The van der Waals surface area contributed by atoms with E-state index in [4.69, 9.17) is 14.2 Å². The van der Waals surface area contributed by atoms with Gasteiger partial charge in [0.15, 0.2) is 0 Å². The molecular formula is C30H37NO4. The molecule has 0 aliphatic heterocycles. The van der Waals surface area contributed by atoms with E-state index in [0.717, 1.165) is 6.42 Å². The summed E-state index contributed by atoms with van der Waals surface area (Å²) in [6.45, 7) is 3.93. The summed E-state index contributed by atoms with van der Waals surface area (Å²) in [5, 5.41) is 6.52. The average Bonchev–Trinajstić information content (AvgIpc) is 2.90. The van der Waals surface area contributed by atoms with Gasteiger partial charge < -0.3 is 19.5 Å². The standard InChI is InChI=1S/C30H37NO4/c1-22(28-12-6-8-24-7-3-4-11-29(24)28)31-27-10-5-9-26(21-27)23-13-15-25(16-14-23)30(32)35-20-19-34-18-17-33-2/h3-4,6-8,11-16,22,26-27,31H,5,9-10,17-21H2,1-2H3/t22-,26+,27+/m1/s1. The molecule has 35 heavy (non-hydrogen) atoms. The predicted octanol–water partition coefficient (Wildman–Crippen LogP) is 6.04. The summed E-state index contributed by atoms with van der Waals surface area (Å²) in [5.41, 5.74) is 3.24. The second-order valence-corrected chi connectivity index (χ2v) is 9.38. The third-order valence-electron chi connectivity index (χ3n) is 6.96. The smallest absolute Gasteiger partial charge is 0.338 e. The molecule has 0 heterocycles. The summed E-state index contributed by atoms with van der Waals surface area (Å²) in [4.78, 5) is 12.3. The van der Waals surface area contributed by atoms with Crippen LogP contribution in [0.2, 0.25) is 0 Å². The first-order valence-corrected chi connectivity index (χ1v) is 12.7. The molecule has 0 radical (unpaired) electrons. The van der Waals surface area contributed by atoms with Crippen LogP contribution < -0.4 is 5.32 Å². The van der Waals surface area contributed by atoms with E-state index in [2.05, 4.69) is 66.8 Å². The molecule has 3 aromatic carbocycles. The third kappa shape index (κ3) is 6.91. The lowest BCUT2D eigenvalue weighted by molar-refractivity contribution is 0.0213. The largest absolute Gasteiger partial charge is 0.460 e. The molecule has 0 bridgehead atoms. The van der Waals surface area contributed by atoms with E-state index >= 15 is 0 Å². The van der Waals surface area contributed by atoms with Gasteiger partial charge in [0.2, 0.25) is 0 Å². The Morgan fingerprint density at radius 1 is 0.943 bits per heavy atom. The van der Waals surface area contributed by atoms with E-state index in [1.165, 1.54) is 41.2 Å². The number of hydrogen-bond donors (Lipinski definition) is 1. The van der Waals surface area contributed by atoms with Crippen molar-refractivity contribution in [1.29, 1.82) is 0 Å². The molecule has 1 saturated carbocycles. The molecule has 1 aliphatic rings. The maximum absolute atomic E-state index is 12.3. The van der Waals surface area contributed by atoms with Crippen LogP contribution in [0.3, 0.4) is 0 Å². The molecule has 1 N–H and O–H groups in total. The first-order chi connectivity index (χ1) is 17.2. The maximum Gasteiger partial charge on any atom is 0.338 e. The number of fused-ring (bicyclic) bond motifs is 1. The second kappa shape index (κ2) is 12.8. The highest BCUT2D eigenvalue weighted by molar-refractivity contribution is 5.89. The van der Waals surface area contributed by atoms with Gasteiger partial charge in [0.25, 0.3) is 0 Å². The molecule has 3 atom stereocenters. The number of rotatable bonds is 11. The molecule has 0 unspecified atom stereocenters. The summed E-state index contributed by atoms with van der Waals surface area (Å²) in [6, 6.07) is 23.9. The molecule has 5 nitrogen and oxygen atoms in total. The van der Waals surface area contributed by atoms with Crippen LogP contribution >= 0.6 is 0 Å². The Hall–Kier alpha value is -2.73. The van der Waals surface area contributed by atoms with Gasteiger partial charge in [-0.3, -0.25) is 0 Å². The van der Waals surface area contributed by atoms with E-state index in [-0.39, 0.29) is 12.6 Å². The topological polar surface area (TPSA) is 56.8 Å². The molecular weight excluding hydrogens is 438 g/mol. The Labute approximate surface area is 208 Å². The van der Waals surface area contributed by atoms with Crippen LogP contribution in [-0.4, -0.2) is 45.5 Å². The Morgan fingerprint density at radius 3 is 2.54 bits per heavy atom. The summed E-state index contributed by atoms with van der Waals surface area (Å²) in [5.74, 6) is 0.194. The van der Waals surface area contributed by atoms with Crippen LogP contribution in [0.1, 0.15) is 66.1 Å². The minimum Gasteiger partial charge on any atom is -0.460 e. The van der Waals surface area contributed by atoms with Crippen molar-refractivity contribution < 1.29 is 19.0 Å². The van der Waals surface area contributed by atoms with E-state index < -0.39 is 0 Å². The first-order valence-electron chi connectivity index (χ1n) is 12.7. The zero-order valence-electron chi connectivity index (χ0n) is 20.9. The highest BCUT2D eigenvalue weighted by Crippen LogP contribution is 2.34. The van der Waals surface area contributed by atoms with Crippen LogP contribution in [0.5, 0.6) is 0 Å². The number of hydrogen-bond acceptors (Lipinski definition) is 5. The van der Waals surface area contributed by atoms with Crippen LogP contribution in [0.4, 0.5) is 0 Å². The molecule has 186 valence electrons. The Balaban J connectivity index is 1.30. The van der Waals surface area contributed by atoms with Crippen molar-refractivity contribution in [2.45, 2.75) is 50.6 Å². The zero-order chi connectivity index (χ0) is 24.5. The number of ether oxygens (including phenoxy) is 3.